The zero-order valence-electron chi connectivity index (χ0n) is 17.5. The van der Waals surface area contributed by atoms with E-state index in [1.54, 1.807) is 24.3 Å². The number of nitro groups is 1. The van der Waals surface area contributed by atoms with E-state index in [4.69, 9.17) is 4.74 Å². The summed E-state index contributed by atoms with van der Waals surface area (Å²) in [5, 5.41) is 10.8. The van der Waals surface area contributed by atoms with Crippen LogP contribution in [0.4, 0.5) is 11.4 Å². The first-order chi connectivity index (χ1) is 15.6. The topological polar surface area (TPSA) is 75.9 Å². The van der Waals surface area contributed by atoms with Crippen molar-refractivity contribution in [2.45, 2.75) is 0 Å². The third-order valence-electron chi connectivity index (χ3n) is 5.27. The minimum absolute atomic E-state index is 0.0391. The molecule has 0 saturated carbocycles. The van der Waals surface area contributed by atoms with E-state index in [1.165, 1.54) is 12.1 Å². The van der Waals surface area contributed by atoms with Crippen LogP contribution in [0.5, 0.6) is 11.5 Å². The molecule has 0 N–H and O–H groups in total. The number of para-hydroxylation sites is 1. The molecule has 3 aromatic carbocycles. The van der Waals surface area contributed by atoms with Gasteiger partial charge in [0.25, 0.3) is 5.69 Å². The molecule has 0 unspecified atom stereocenters. The minimum atomic E-state index is -0.407. The van der Waals surface area contributed by atoms with Crippen LogP contribution < -0.4 is 9.64 Å². The molecule has 0 bridgehead atoms. The number of ether oxygens (including phenoxy) is 1. The summed E-state index contributed by atoms with van der Waals surface area (Å²) in [6, 6.07) is 23.6. The van der Waals surface area contributed by atoms with Crippen molar-refractivity contribution >= 4 is 23.4 Å². The van der Waals surface area contributed by atoms with Crippen molar-refractivity contribution in [2.24, 2.45) is 0 Å². The Morgan fingerprint density at radius 2 is 1.56 bits per heavy atom. The predicted octanol–water partition coefficient (Wildman–Crippen LogP) is 4.75. The largest absolute Gasteiger partial charge is 0.457 e. The van der Waals surface area contributed by atoms with Gasteiger partial charge in [0.05, 0.1) is 4.92 Å². The molecule has 4 rings (SSSR count). The smallest absolute Gasteiger partial charge is 0.269 e. The third-order valence-corrected chi connectivity index (χ3v) is 5.27. The molecule has 1 aliphatic heterocycles. The molecule has 1 aliphatic rings. The standard InChI is InChI=1S/C25H23N3O4/c29-25(14-9-20-5-4-8-24(19-20)32-23-6-2-1-3-7-23)27-17-15-26(16-18-27)21-10-12-22(13-11-21)28(30)31/h1-14,19H,15-18H2. The number of amides is 1. The van der Waals surface area contributed by atoms with Gasteiger partial charge in [0.1, 0.15) is 11.5 Å². The van der Waals surface area contributed by atoms with Gasteiger partial charge in [-0.1, -0.05) is 30.3 Å². The van der Waals surface area contributed by atoms with Crippen molar-refractivity contribution in [2.75, 3.05) is 31.1 Å². The zero-order chi connectivity index (χ0) is 22.3. The number of carbonyl (C=O) groups is 1. The van der Waals surface area contributed by atoms with Gasteiger partial charge in [-0.05, 0) is 48.0 Å². The number of nitrogens with zero attached hydrogens (tertiary/aromatic N) is 3. The van der Waals surface area contributed by atoms with Gasteiger partial charge < -0.3 is 14.5 Å². The monoisotopic (exact) mass is 429 g/mol. The Morgan fingerprint density at radius 1 is 0.875 bits per heavy atom. The van der Waals surface area contributed by atoms with E-state index in [0.29, 0.717) is 31.9 Å². The molecule has 1 heterocycles. The number of carbonyl (C=O) groups excluding carboxylic acids is 1. The normalized spacial score (nSPS) is 13.9. The fourth-order valence-corrected chi connectivity index (χ4v) is 3.55. The predicted molar refractivity (Wildman–Crippen MR) is 124 cm³/mol. The van der Waals surface area contributed by atoms with E-state index in [0.717, 1.165) is 17.0 Å². The van der Waals surface area contributed by atoms with Crippen molar-refractivity contribution in [1.82, 2.24) is 4.90 Å². The van der Waals surface area contributed by atoms with E-state index in [2.05, 4.69) is 4.90 Å². The lowest BCUT2D eigenvalue weighted by Gasteiger charge is -2.35. The second-order valence-electron chi connectivity index (χ2n) is 7.41. The van der Waals surface area contributed by atoms with Crippen LogP contribution in [0.3, 0.4) is 0 Å². The van der Waals surface area contributed by atoms with Crippen LogP contribution in [0.15, 0.2) is 84.9 Å². The molecule has 3 aromatic rings. The van der Waals surface area contributed by atoms with E-state index >= 15 is 0 Å². The van der Waals surface area contributed by atoms with E-state index in [9.17, 15) is 14.9 Å². The van der Waals surface area contributed by atoms with Gasteiger partial charge >= 0.3 is 0 Å². The zero-order valence-corrected chi connectivity index (χ0v) is 17.5. The highest BCUT2D eigenvalue weighted by Gasteiger charge is 2.20. The van der Waals surface area contributed by atoms with Crippen LogP contribution in [-0.2, 0) is 4.79 Å². The number of non-ortho nitro benzene ring substituents is 1. The highest BCUT2D eigenvalue weighted by molar-refractivity contribution is 5.92. The molecule has 1 saturated heterocycles. The third kappa shape index (κ3) is 5.31. The Hall–Kier alpha value is -4.13. The minimum Gasteiger partial charge on any atom is -0.457 e. The van der Waals surface area contributed by atoms with E-state index in [-0.39, 0.29) is 11.6 Å². The average Bonchev–Trinajstić information content (AvgIpc) is 2.83. The summed E-state index contributed by atoms with van der Waals surface area (Å²) in [5.74, 6) is 1.43. The Kier molecular flexibility index (Phi) is 6.46. The number of hydrogen-bond acceptors (Lipinski definition) is 5. The van der Waals surface area contributed by atoms with Crippen LogP contribution in [0, 0.1) is 10.1 Å². The van der Waals surface area contributed by atoms with Crippen LogP contribution in [0.2, 0.25) is 0 Å². The van der Waals surface area contributed by atoms with Crippen molar-refractivity contribution in [3.8, 4) is 11.5 Å². The number of rotatable bonds is 6. The number of hydrogen-bond donors (Lipinski definition) is 0. The number of benzene rings is 3. The summed E-state index contributed by atoms with van der Waals surface area (Å²) >= 11 is 0. The van der Waals surface area contributed by atoms with Gasteiger partial charge in [-0.3, -0.25) is 14.9 Å². The first-order valence-corrected chi connectivity index (χ1v) is 10.4. The van der Waals surface area contributed by atoms with Crippen LogP contribution >= 0.6 is 0 Å². The highest BCUT2D eigenvalue weighted by atomic mass is 16.6. The second kappa shape index (κ2) is 9.78. The molecular formula is C25H23N3O4. The van der Waals surface area contributed by atoms with Crippen LogP contribution in [0.25, 0.3) is 6.08 Å². The van der Waals surface area contributed by atoms with Gasteiger partial charge in [-0.2, -0.15) is 0 Å². The summed E-state index contributed by atoms with van der Waals surface area (Å²) in [7, 11) is 0. The molecular weight excluding hydrogens is 406 g/mol. The maximum atomic E-state index is 12.6. The van der Waals surface area contributed by atoms with Crippen LogP contribution in [0.1, 0.15) is 5.56 Å². The lowest BCUT2D eigenvalue weighted by Crippen LogP contribution is -2.48. The Morgan fingerprint density at radius 3 is 2.25 bits per heavy atom. The molecule has 162 valence electrons. The average molecular weight is 429 g/mol. The fraction of sp³-hybridized carbons (Fsp3) is 0.160. The summed E-state index contributed by atoms with van der Waals surface area (Å²) in [6.07, 6.45) is 3.38. The first-order valence-electron chi connectivity index (χ1n) is 10.4. The summed E-state index contributed by atoms with van der Waals surface area (Å²) in [4.78, 5) is 27.0. The van der Waals surface area contributed by atoms with Crippen molar-refractivity contribution < 1.29 is 14.5 Å². The Balaban J connectivity index is 1.32. The molecule has 0 spiro atoms. The molecule has 1 fully saturated rings. The molecule has 0 aliphatic carbocycles. The van der Waals surface area contributed by atoms with E-state index < -0.39 is 4.92 Å². The molecule has 1 amide bonds. The van der Waals surface area contributed by atoms with Crippen LogP contribution in [-0.4, -0.2) is 41.9 Å². The Bertz CT molecular complexity index is 1110. The molecule has 32 heavy (non-hydrogen) atoms. The fourth-order valence-electron chi connectivity index (χ4n) is 3.55. The van der Waals surface area contributed by atoms with Gasteiger partial charge in [0, 0.05) is 50.1 Å². The van der Waals surface area contributed by atoms with Gasteiger partial charge in [-0.25, -0.2) is 0 Å². The van der Waals surface area contributed by atoms with Crippen molar-refractivity contribution in [1.29, 1.82) is 0 Å². The first kappa shape index (κ1) is 21.1. The highest BCUT2D eigenvalue weighted by Crippen LogP contribution is 2.23. The number of anilines is 1. The van der Waals surface area contributed by atoms with Crippen molar-refractivity contribution in [3.63, 3.8) is 0 Å². The maximum Gasteiger partial charge on any atom is 0.269 e. The Labute approximate surface area is 186 Å². The lowest BCUT2D eigenvalue weighted by atomic mass is 10.2. The quantitative estimate of drug-likeness (QED) is 0.321. The number of nitro benzene ring substituents is 1. The maximum absolute atomic E-state index is 12.6. The van der Waals surface area contributed by atoms with Crippen molar-refractivity contribution in [3.05, 3.63) is 101 Å². The molecule has 0 atom stereocenters. The molecule has 7 heteroatoms. The van der Waals surface area contributed by atoms with E-state index in [1.807, 2.05) is 59.5 Å². The summed E-state index contributed by atoms with van der Waals surface area (Å²) in [6.45, 7) is 2.55. The van der Waals surface area contributed by atoms with Gasteiger partial charge in [-0.15, -0.1) is 0 Å². The van der Waals surface area contributed by atoms with Gasteiger partial charge in [0.2, 0.25) is 5.91 Å². The number of piperazine rings is 1. The lowest BCUT2D eigenvalue weighted by molar-refractivity contribution is -0.384. The summed E-state index contributed by atoms with van der Waals surface area (Å²) in [5.41, 5.74) is 1.88. The second-order valence-corrected chi connectivity index (χ2v) is 7.41. The summed E-state index contributed by atoms with van der Waals surface area (Å²) < 4.78 is 5.84. The molecule has 7 nitrogen and oxygen atoms in total. The molecule has 0 radical (unpaired) electrons. The molecule has 0 aromatic heterocycles. The SMILES string of the molecule is O=C(C=Cc1cccc(Oc2ccccc2)c1)N1CCN(c2ccc([N+](=O)[O-])cc2)CC1. The van der Waals surface area contributed by atoms with Gasteiger partial charge in [0.15, 0.2) is 0 Å².